The first kappa shape index (κ1) is 20.5. The maximum atomic E-state index is 11.7. The minimum Gasteiger partial charge on any atom is -0.497 e. The molecule has 4 heterocycles. The molecule has 3 aliphatic rings. The molecule has 0 radical (unpaired) electrons. The monoisotopic (exact) mass is 416 g/mol. The second-order valence-electron chi connectivity index (χ2n) is 9.31. The molecule has 4 nitrogen and oxygen atoms in total. The molecule has 31 heavy (non-hydrogen) atoms. The van der Waals surface area contributed by atoms with Gasteiger partial charge < -0.3 is 9.84 Å². The van der Waals surface area contributed by atoms with E-state index in [0.717, 1.165) is 64.8 Å². The van der Waals surface area contributed by atoms with E-state index < -0.39 is 6.10 Å². The highest BCUT2D eigenvalue weighted by Crippen LogP contribution is 2.43. The number of fused-ring (bicyclic) bond motifs is 4. The molecular weight excluding hydrogens is 384 g/mol. The lowest BCUT2D eigenvalue weighted by atomic mass is 9.72. The number of methoxy groups -OCH3 is 1. The highest BCUT2D eigenvalue weighted by atomic mass is 16.5. The zero-order valence-corrected chi connectivity index (χ0v) is 18.7. The first-order chi connectivity index (χ1) is 15.1. The van der Waals surface area contributed by atoms with E-state index in [1.807, 2.05) is 18.2 Å². The molecule has 1 N–H and O–H groups in total. The summed E-state index contributed by atoms with van der Waals surface area (Å²) < 4.78 is 5.49. The van der Waals surface area contributed by atoms with Gasteiger partial charge in [-0.05, 0) is 68.0 Å². The Hall–Kier alpha value is -2.43. The lowest BCUT2D eigenvalue weighted by Gasteiger charge is -2.51. The molecule has 4 heteroatoms. The van der Waals surface area contributed by atoms with Gasteiger partial charge in [-0.1, -0.05) is 43.2 Å². The molecule has 6 rings (SSSR count). The number of nitrogens with zero attached hydrogens (tertiary/aromatic N) is 2. The van der Waals surface area contributed by atoms with Crippen LogP contribution < -0.4 is 4.74 Å². The molecule has 5 atom stereocenters. The summed E-state index contributed by atoms with van der Waals surface area (Å²) in [5, 5.41) is 12.7. The Kier molecular flexibility index (Phi) is 5.45. The summed E-state index contributed by atoms with van der Waals surface area (Å²) >= 11 is 0. The van der Waals surface area contributed by atoms with Gasteiger partial charge in [0.25, 0.3) is 0 Å². The predicted octanol–water partition coefficient (Wildman–Crippen LogP) is 5.37. The lowest BCUT2D eigenvalue weighted by Crippen LogP contribution is -2.55. The van der Waals surface area contributed by atoms with Gasteiger partial charge in [0.15, 0.2) is 0 Å². The second-order valence-corrected chi connectivity index (χ2v) is 9.31. The average molecular weight is 417 g/mol. The van der Waals surface area contributed by atoms with Gasteiger partial charge in [-0.15, -0.1) is 0 Å². The number of hydrogen-bond donors (Lipinski definition) is 1. The quantitative estimate of drug-likeness (QED) is 0.607. The van der Waals surface area contributed by atoms with Crippen LogP contribution in [0.1, 0.15) is 43.4 Å². The van der Waals surface area contributed by atoms with Crippen LogP contribution in [0.3, 0.4) is 0 Å². The maximum Gasteiger partial charge on any atom is 0.119 e. The average Bonchev–Trinajstić information content (AvgIpc) is 2.83. The van der Waals surface area contributed by atoms with Gasteiger partial charge in [-0.2, -0.15) is 0 Å². The van der Waals surface area contributed by atoms with Crippen molar-refractivity contribution in [2.75, 3.05) is 20.2 Å². The van der Waals surface area contributed by atoms with Gasteiger partial charge in [0, 0.05) is 23.5 Å². The Morgan fingerprint density at radius 2 is 1.97 bits per heavy atom. The summed E-state index contributed by atoms with van der Waals surface area (Å²) in [5.74, 6) is 2.30. The summed E-state index contributed by atoms with van der Waals surface area (Å²) in [5.41, 5.74) is 5.08. The van der Waals surface area contributed by atoms with Crippen LogP contribution in [0, 0.1) is 18.8 Å². The third-order valence-corrected chi connectivity index (χ3v) is 7.54. The van der Waals surface area contributed by atoms with E-state index >= 15 is 0 Å². The van der Waals surface area contributed by atoms with Crippen LogP contribution in [-0.2, 0) is 0 Å². The van der Waals surface area contributed by atoms with E-state index in [1.54, 1.807) is 7.11 Å². The molecule has 3 aromatic rings. The van der Waals surface area contributed by atoms with Gasteiger partial charge in [0.1, 0.15) is 5.75 Å². The standard InChI is InChI=1S/C27H32N2O2/c1-4-18-16-29-12-11-20(18)13-26(29)27(30)23-15-25(19-7-5-17(2)6-8-19)28-24-10-9-21(31-3)14-22(23)24/h5-10,14-15,18,20,26-27,30H,4,11-13,16H2,1-3H3/t18-,20+,26-,27+/m0/s1. The van der Waals surface area contributed by atoms with Crippen LogP contribution in [0.4, 0.5) is 0 Å². The fraction of sp³-hybridized carbons (Fsp3) is 0.444. The molecule has 2 aromatic carbocycles. The zero-order chi connectivity index (χ0) is 21.5. The highest BCUT2D eigenvalue weighted by Gasteiger charge is 2.42. The van der Waals surface area contributed by atoms with Gasteiger partial charge >= 0.3 is 0 Å². The van der Waals surface area contributed by atoms with E-state index in [-0.39, 0.29) is 6.04 Å². The van der Waals surface area contributed by atoms with Gasteiger partial charge in [-0.3, -0.25) is 4.90 Å². The fourth-order valence-corrected chi connectivity index (χ4v) is 5.65. The third kappa shape index (κ3) is 3.72. The topological polar surface area (TPSA) is 45.6 Å². The van der Waals surface area contributed by atoms with E-state index in [0.29, 0.717) is 0 Å². The Balaban J connectivity index is 1.59. The summed E-state index contributed by atoms with van der Waals surface area (Å²) in [7, 11) is 1.68. The van der Waals surface area contributed by atoms with Crippen LogP contribution >= 0.6 is 0 Å². The molecule has 162 valence electrons. The van der Waals surface area contributed by atoms with E-state index in [1.165, 1.54) is 18.4 Å². The molecule has 0 spiro atoms. The summed E-state index contributed by atoms with van der Waals surface area (Å²) in [4.78, 5) is 7.46. The number of aliphatic hydroxyl groups excluding tert-OH is 1. The second kappa shape index (κ2) is 8.25. The molecule has 0 saturated carbocycles. The van der Waals surface area contributed by atoms with Crippen molar-refractivity contribution in [3.05, 3.63) is 59.7 Å². The van der Waals surface area contributed by atoms with Crippen molar-refractivity contribution in [2.24, 2.45) is 11.8 Å². The van der Waals surface area contributed by atoms with Crippen LogP contribution in [0.25, 0.3) is 22.2 Å². The highest BCUT2D eigenvalue weighted by molar-refractivity contribution is 5.87. The fourth-order valence-electron chi connectivity index (χ4n) is 5.65. The molecule has 1 unspecified atom stereocenters. The maximum absolute atomic E-state index is 11.7. The first-order valence-electron chi connectivity index (χ1n) is 11.5. The van der Waals surface area contributed by atoms with Crippen molar-refractivity contribution in [3.63, 3.8) is 0 Å². The van der Waals surface area contributed by atoms with Gasteiger partial charge in [0.2, 0.25) is 0 Å². The molecule has 0 amide bonds. The van der Waals surface area contributed by atoms with Crippen molar-refractivity contribution in [3.8, 4) is 17.0 Å². The number of aryl methyl sites for hydroxylation is 1. The largest absolute Gasteiger partial charge is 0.497 e. The SMILES string of the molecule is CC[C@H]1CN2CC[C@@H]1C[C@H]2[C@H](O)c1cc(-c2ccc(C)cc2)nc2ccc(OC)cc12. The van der Waals surface area contributed by atoms with Crippen LogP contribution in [0.5, 0.6) is 5.75 Å². The van der Waals surface area contributed by atoms with Gasteiger partial charge in [-0.25, -0.2) is 4.98 Å². The number of aliphatic hydroxyl groups is 1. The summed E-state index contributed by atoms with van der Waals surface area (Å²) in [6.45, 7) is 6.60. The van der Waals surface area contributed by atoms with Crippen molar-refractivity contribution in [1.29, 1.82) is 0 Å². The number of piperidine rings is 3. The summed E-state index contributed by atoms with van der Waals surface area (Å²) in [6.07, 6.45) is 3.04. The number of aromatic nitrogens is 1. The Labute approximate surface area is 184 Å². The van der Waals surface area contributed by atoms with Crippen molar-refractivity contribution >= 4 is 10.9 Å². The van der Waals surface area contributed by atoms with E-state index in [9.17, 15) is 5.11 Å². The van der Waals surface area contributed by atoms with Crippen LogP contribution in [-0.4, -0.2) is 41.2 Å². The minimum atomic E-state index is -0.539. The Bertz CT molecular complexity index is 1080. The predicted molar refractivity (Wildman–Crippen MR) is 125 cm³/mol. The molecule has 1 aromatic heterocycles. The van der Waals surface area contributed by atoms with Crippen molar-refractivity contribution in [1.82, 2.24) is 9.88 Å². The summed E-state index contributed by atoms with van der Waals surface area (Å²) in [6, 6.07) is 16.7. The molecular formula is C27H32N2O2. The number of rotatable bonds is 5. The molecule has 3 fully saturated rings. The van der Waals surface area contributed by atoms with E-state index in [4.69, 9.17) is 9.72 Å². The lowest BCUT2D eigenvalue weighted by molar-refractivity contribution is -0.0562. The number of hydrogen-bond acceptors (Lipinski definition) is 4. The third-order valence-electron chi connectivity index (χ3n) is 7.54. The van der Waals surface area contributed by atoms with E-state index in [2.05, 4.69) is 49.1 Å². The van der Waals surface area contributed by atoms with Crippen molar-refractivity contribution < 1.29 is 9.84 Å². The van der Waals surface area contributed by atoms with Crippen LogP contribution in [0.2, 0.25) is 0 Å². The zero-order valence-electron chi connectivity index (χ0n) is 18.7. The Morgan fingerprint density at radius 3 is 2.65 bits per heavy atom. The normalized spacial score (nSPS) is 26.2. The minimum absolute atomic E-state index is 0.171. The molecule has 3 aliphatic heterocycles. The molecule has 3 saturated heterocycles. The van der Waals surface area contributed by atoms with Crippen molar-refractivity contribution in [2.45, 2.75) is 45.3 Å². The number of ether oxygens (including phenoxy) is 1. The molecule has 2 bridgehead atoms. The van der Waals surface area contributed by atoms with Gasteiger partial charge in [0.05, 0.1) is 24.4 Å². The molecule has 0 aliphatic carbocycles. The Morgan fingerprint density at radius 1 is 1.16 bits per heavy atom. The first-order valence-corrected chi connectivity index (χ1v) is 11.5. The smallest absolute Gasteiger partial charge is 0.119 e. The number of pyridine rings is 1. The number of benzene rings is 2. The van der Waals surface area contributed by atoms with Crippen LogP contribution in [0.15, 0.2) is 48.5 Å².